The van der Waals surface area contributed by atoms with E-state index in [-0.39, 0.29) is 6.03 Å². The van der Waals surface area contributed by atoms with Gasteiger partial charge in [-0.05, 0) is 38.0 Å². The number of rotatable bonds is 6. The van der Waals surface area contributed by atoms with Crippen LogP contribution in [0, 0.1) is 20.8 Å². The Morgan fingerprint density at radius 1 is 1.12 bits per heavy atom. The lowest BCUT2D eigenvalue weighted by molar-refractivity contribution is 0.252. The van der Waals surface area contributed by atoms with Crippen LogP contribution in [0.2, 0.25) is 0 Å². The first-order valence-electron chi connectivity index (χ1n) is 8.25. The van der Waals surface area contributed by atoms with Crippen molar-refractivity contribution in [2.45, 2.75) is 20.8 Å². The number of aryl methyl sites for hydroxylation is 2. The number of nitrogens with zero attached hydrogens (tertiary/aromatic N) is 3. The van der Waals surface area contributed by atoms with Gasteiger partial charge in [-0.1, -0.05) is 12.1 Å². The van der Waals surface area contributed by atoms with Crippen LogP contribution in [-0.2, 0) is 0 Å². The topological polar surface area (TPSA) is 82.2 Å². The summed E-state index contributed by atoms with van der Waals surface area (Å²) in [5.41, 5.74) is 3.93. The van der Waals surface area contributed by atoms with Gasteiger partial charge in [-0.25, -0.2) is 9.78 Å². The molecule has 0 unspecified atom stereocenters. The summed E-state index contributed by atoms with van der Waals surface area (Å²) in [6.45, 7) is 6.94. The van der Waals surface area contributed by atoms with E-state index in [2.05, 4.69) is 25.9 Å². The van der Waals surface area contributed by atoms with Crippen molar-refractivity contribution in [2.75, 3.05) is 42.7 Å². The zero-order valence-electron chi connectivity index (χ0n) is 15.5. The summed E-state index contributed by atoms with van der Waals surface area (Å²) in [5.74, 6) is 1.40. The standard InChI is InChI=1S/C18H26N6O/c1-12-7-6-8-15(14(12)3)22-18(25)20-10-9-19-17-21-13(2)11-16(23-17)24(4)5/h6-8,11H,9-10H2,1-5H3,(H,19,21,23)(H2,20,22,25). The molecule has 0 saturated heterocycles. The molecule has 7 nitrogen and oxygen atoms in total. The first-order valence-corrected chi connectivity index (χ1v) is 8.25. The Kier molecular flexibility index (Phi) is 6.16. The molecule has 1 aromatic heterocycles. The van der Waals surface area contributed by atoms with Crippen LogP contribution < -0.4 is 20.9 Å². The zero-order valence-corrected chi connectivity index (χ0v) is 15.5. The van der Waals surface area contributed by atoms with Gasteiger partial charge in [0.25, 0.3) is 0 Å². The minimum Gasteiger partial charge on any atom is -0.363 e. The molecule has 0 aliphatic heterocycles. The summed E-state index contributed by atoms with van der Waals surface area (Å²) in [5, 5.41) is 8.82. The lowest BCUT2D eigenvalue weighted by Gasteiger charge is -2.14. The molecule has 25 heavy (non-hydrogen) atoms. The molecular weight excluding hydrogens is 316 g/mol. The van der Waals surface area contributed by atoms with E-state index in [9.17, 15) is 4.79 Å². The smallest absolute Gasteiger partial charge is 0.319 e. The van der Waals surface area contributed by atoms with Gasteiger partial charge in [0.2, 0.25) is 5.95 Å². The number of hydrogen-bond donors (Lipinski definition) is 3. The molecule has 0 fully saturated rings. The number of carbonyl (C=O) groups excluding carboxylic acids is 1. The molecule has 2 amide bonds. The Balaban J connectivity index is 1.81. The van der Waals surface area contributed by atoms with Crippen molar-refractivity contribution in [1.82, 2.24) is 15.3 Å². The van der Waals surface area contributed by atoms with Crippen molar-refractivity contribution in [1.29, 1.82) is 0 Å². The Labute approximate surface area is 148 Å². The van der Waals surface area contributed by atoms with Gasteiger partial charge in [0.15, 0.2) is 0 Å². The minimum absolute atomic E-state index is 0.227. The molecule has 1 aromatic carbocycles. The predicted molar refractivity (Wildman–Crippen MR) is 103 cm³/mol. The summed E-state index contributed by atoms with van der Waals surface area (Å²) in [7, 11) is 3.87. The van der Waals surface area contributed by atoms with E-state index < -0.39 is 0 Å². The number of carbonyl (C=O) groups is 1. The zero-order chi connectivity index (χ0) is 18.4. The average Bonchev–Trinajstić information content (AvgIpc) is 2.55. The second-order valence-electron chi connectivity index (χ2n) is 6.14. The van der Waals surface area contributed by atoms with E-state index >= 15 is 0 Å². The maximum absolute atomic E-state index is 12.0. The van der Waals surface area contributed by atoms with Gasteiger partial charge >= 0.3 is 6.03 Å². The van der Waals surface area contributed by atoms with Gasteiger partial charge in [0, 0.05) is 44.6 Å². The highest BCUT2D eigenvalue weighted by atomic mass is 16.2. The Morgan fingerprint density at radius 2 is 1.88 bits per heavy atom. The molecule has 2 aromatic rings. The lowest BCUT2D eigenvalue weighted by Crippen LogP contribution is -2.33. The minimum atomic E-state index is -0.227. The average molecular weight is 342 g/mol. The van der Waals surface area contributed by atoms with E-state index in [1.807, 2.05) is 64.0 Å². The highest BCUT2D eigenvalue weighted by Crippen LogP contribution is 2.17. The SMILES string of the molecule is Cc1cc(N(C)C)nc(NCCNC(=O)Nc2cccc(C)c2C)n1. The number of hydrogen-bond acceptors (Lipinski definition) is 5. The van der Waals surface area contributed by atoms with Crippen molar-refractivity contribution >= 4 is 23.5 Å². The Bertz CT molecular complexity index is 744. The molecule has 0 saturated carbocycles. The van der Waals surface area contributed by atoms with Gasteiger partial charge in [-0.3, -0.25) is 0 Å². The summed E-state index contributed by atoms with van der Waals surface area (Å²) in [6.07, 6.45) is 0. The highest BCUT2D eigenvalue weighted by molar-refractivity contribution is 5.90. The van der Waals surface area contributed by atoms with Gasteiger partial charge in [-0.2, -0.15) is 4.98 Å². The van der Waals surface area contributed by atoms with Crippen LogP contribution in [0.5, 0.6) is 0 Å². The summed E-state index contributed by atoms with van der Waals surface area (Å²) < 4.78 is 0. The van der Waals surface area contributed by atoms with Crippen LogP contribution in [-0.4, -0.2) is 43.2 Å². The van der Waals surface area contributed by atoms with Crippen LogP contribution in [0.1, 0.15) is 16.8 Å². The van der Waals surface area contributed by atoms with E-state index in [4.69, 9.17) is 0 Å². The molecule has 1 heterocycles. The number of amides is 2. The summed E-state index contributed by atoms with van der Waals surface area (Å²) in [4.78, 5) is 22.7. The summed E-state index contributed by atoms with van der Waals surface area (Å²) >= 11 is 0. The normalized spacial score (nSPS) is 10.3. The Hall–Kier alpha value is -2.83. The third-order valence-electron chi connectivity index (χ3n) is 3.85. The molecular formula is C18H26N6O. The number of anilines is 3. The fraction of sp³-hybridized carbons (Fsp3) is 0.389. The van der Waals surface area contributed by atoms with Crippen molar-refractivity contribution in [3.8, 4) is 0 Å². The van der Waals surface area contributed by atoms with E-state index in [0.29, 0.717) is 19.0 Å². The Morgan fingerprint density at radius 3 is 2.60 bits per heavy atom. The maximum atomic E-state index is 12.0. The third kappa shape index (κ3) is 5.34. The third-order valence-corrected chi connectivity index (χ3v) is 3.85. The first kappa shape index (κ1) is 18.5. The molecule has 0 atom stereocenters. The molecule has 0 radical (unpaired) electrons. The second-order valence-corrected chi connectivity index (χ2v) is 6.14. The van der Waals surface area contributed by atoms with Crippen molar-refractivity contribution in [3.05, 3.63) is 41.1 Å². The van der Waals surface area contributed by atoms with Gasteiger partial charge in [-0.15, -0.1) is 0 Å². The predicted octanol–water partition coefficient (Wildman–Crippen LogP) is 2.70. The van der Waals surface area contributed by atoms with E-state index in [1.54, 1.807) is 0 Å². The number of benzene rings is 1. The number of aromatic nitrogens is 2. The highest BCUT2D eigenvalue weighted by Gasteiger charge is 2.06. The first-order chi connectivity index (χ1) is 11.9. The maximum Gasteiger partial charge on any atom is 0.319 e. The van der Waals surface area contributed by atoms with Crippen molar-refractivity contribution in [3.63, 3.8) is 0 Å². The number of urea groups is 1. The molecule has 0 spiro atoms. The van der Waals surface area contributed by atoms with Gasteiger partial charge < -0.3 is 20.9 Å². The van der Waals surface area contributed by atoms with Crippen molar-refractivity contribution < 1.29 is 4.79 Å². The second kappa shape index (κ2) is 8.32. The van der Waals surface area contributed by atoms with Gasteiger partial charge in [0.1, 0.15) is 5.82 Å². The summed E-state index contributed by atoms with van der Waals surface area (Å²) in [6, 6.07) is 7.53. The van der Waals surface area contributed by atoms with E-state index in [0.717, 1.165) is 28.3 Å². The van der Waals surface area contributed by atoms with Crippen LogP contribution in [0.3, 0.4) is 0 Å². The molecule has 2 rings (SSSR count). The molecule has 3 N–H and O–H groups in total. The van der Waals surface area contributed by atoms with Crippen LogP contribution in [0.25, 0.3) is 0 Å². The quantitative estimate of drug-likeness (QED) is 0.703. The molecule has 0 bridgehead atoms. The van der Waals surface area contributed by atoms with Crippen LogP contribution in [0.4, 0.5) is 22.2 Å². The van der Waals surface area contributed by atoms with Crippen LogP contribution in [0.15, 0.2) is 24.3 Å². The number of nitrogens with one attached hydrogen (secondary N) is 3. The van der Waals surface area contributed by atoms with Crippen LogP contribution >= 0.6 is 0 Å². The molecule has 0 aliphatic rings. The van der Waals surface area contributed by atoms with Crippen molar-refractivity contribution in [2.24, 2.45) is 0 Å². The fourth-order valence-electron chi connectivity index (χ4n) is 2.26. The molecule has 0 aliphatic carbocycles. The van der Waals surface area contributed by atoms with E-state index in [1.165, 1.54) is 0 Å². The monoisotopic (exact) mass is 342 g/mol. The lowest BCUT2D eigenvalue weighted by atomic mass is 10.1. The largest absolute Gasteiger partial charge is 0.363 e. The molecule has 134 valence electrons. The fourth-order valence-corrected chi connectivity index (χ4v) is 2.26. The molecule has 7 heteroatoms. The van der Waals surface area contributed by atoms with Gasteiger partial charge in [0.05, 0.1) is 0 Å².